The molecule has 364 valence electrons. The van der Waals surface area contributed by atoms with E-state index in [0.29, 0.717) is 19.3 Å². The Morgan fingerprint density at radius 1 is 0.323 bits per heavy atom. The van der Waals surface area contributed by atoms with Crippen molar-refractivity contribution < 1.29 is 28.6 Å². The third-order valence-corrected chi connectivity index (χ3v) is 10.1. The van der Waals surface area contributed by atoms with Crippen molar-refractivity contribution in [2.45, 2.75) is 207 Å². The number of rotatable bonds is 44. The van der Waals surface area contributed by atoms with Crippen molar-refractivity contribution >= 4 is 17.9 Å². The van der Waals surface area contributed by atoms with Crippen LogP contribution in [0.5, 0.6) is 0 Å². The van der Waals surface area contributed by atoms with Crippen LogP contribution in [0.4, 0.5) is 0 Å². The van der Waals surface area contributed by atoms with E-state index in [2.05, 4.69) is 154 Å². The predicted octanol–water partition coefficient (Wildman–Crippen LogP) is 17.1. The topological polar surface area (TPSA) is 78.9 Å². The van der Waals surface area contributed by atoms with Gasteiger partial charge in [0.1, 0.15) is 13.2 Å². The van der Waals surface area contributed by atoms with E-state index in [-0.39, 0.29) is 44.0 Å². The average Bonchev–Trinajstić information content (AvgIpc) is 3.30. The highest BCUT2D eigenvalue weighted by Gasteiger charge is 2.19. The predicted molar refractivity (Wildman–Crippen MR) is 279 cm³/mol. The zero-order valence-electron chi connectivity index (χ0n) is 41.4. The Balaban J connectivity index is 4.61. The van der Waals surface area contributed by atoms with Crippen molar-refractivity contribution in [3.63, 3.8) is 0 Å². The molecule has 0 radical (unpaired) electrons. The van der Waals surface area contributed by atoms with Gasteiger partial charge in [-0.15, -0.1) is 0 Å². The second-order valence-electron chi connectivity index (χ2n) is 16.3. The Morgan fingerprint density at radius 3 is 1.02 bits per heavy atom. The lowest BCUT2D eigenvalue weighted by atomic mass is 10.1. The lowest BCUT2D eigenvalue weighted by molar-refractivity contribution is -0.167. The minimum Gasteiger partial charge on any atom is -0.462 e. The first-order valence-corrected chi connectivity index (χ1v) is 25.7. The molecule has 0 saturated heterocycles. The van der Waals surface area contributed by atoms with Crippen LogP contribution in [0.15, 0.2) is 134 Å². The van der Waals surface area contributed by atoms with E-state index in [1.54, 1.807) is 0 Å². The number of unbranched alkanes of at least 4 members (excludes halogenated alkanes) is 11. The number of hydrogen-bond acceptors (Lipinski definition) is 6. The Morgan fingerprint density at radius 2 is 0.615 bits per heavy atom. The van der Waals surface area contributed by atoms with Gasteiger partial charge < -0.3 is 14.2 Å². The number of carbonyl (C=O) groups is 3. The van der Waals surface area contributed by atoms with Gasteiger partial charge in [-0.2, -0.15) is 0 Å². The van der Waals surface area contributed by atoms with Crippen LogP contribution in [-0.4, -0.2) is 37.2 Å². The summed E-state index contributed by atoms with van der Waals surface area (Å²) in [4.78, 5) is 38.0. The summed E-state index contributed by atoms with van der Waals surface area (Å²) < 4.78 is 16.7. The fourth-order valence-electron chi connectivity index (χ4n) is 6.33. The molecule has 65 heavy (non-hydrogen) atoms. The Kier molecular flexibility index (Phi) is 48.6. The molecule has 0 saturated carbocycles. The first-order chi connectivity index (χ1) is 32.0. The fourth-order valence-corrected chi connectivity index (χ4v) is 6.33. The molecule has 0 heterocycles. The number of carbonyl (C=O) groups excluding carboxylic acids is 3. The molecule has 0 rings (SSSR count). The van der Waals surface area contributed by atoms with Crippen molar-refractivity contribution in [3.05, 3.63) is 134 Å². The van der Waals surface area contributed by atoms with E-state index in [1.165, 1.54) is 38.5 Å². The van der Waals surface area contributed by atoms with Crippen LogP contribution in [0.3, 0.4) is 0 Å². The van der Waals surface area contributed by atoms with Gasteiger partial charge in [0.15, 0.2) is 6.10 Å². The first kappa shape index (κ1) is 60.5. The minimum atomic E-state index is -0.838. The summed E-state index contributed by atoms with van der Waals surface area (Å²) >= 11 is 0. The molecule has 6 heteroatoms. The van der Waals surface area contributed by atoms with Gasteiger partial charge in [-0.25, -0.2) is 0 Å². The normalized spacial score (nSPS) is 13.2. The zero-order chi connectivity index (χ0) is 47.2. The molecular formula is C59H92O6. The van der Waals surface area contributed by atoms with Crippen molar-refractivity contribution in [2.75, 3.05) is 13.2 Å². The summed E-state index contributed by atoms with van der Waals surface area (Å²) in [5.74, 6) is -1.07. The molecule has 0 aliphatic rings. The van der Waals surface area contributed by atoms with Crippen LogP contribution in [0, 0.1) is 0 Å². The van der Waals surface area contributed by atoms with Crippen molar-refractivity contribution in [1.29, 1.82) is 0 Å². The van der Waals surface area contributed by atoms with Crippen LogP contribution in [0.25, 0.3) is 0 Å². The van der Waals surface area contributed by atoms with Gasteiger partial charge in [0, 0.05) is 19.3 Å². The molecule has 0 aromatic carbocycles. The number of hydrogen-bond donors (Lipinski definition) is 0. The van der Waals surface area contributed by atoms with Gasteiger partial charge in [-0.3, -0.25) is 14.4 Å². The largest absolute Gasteiger partial charge is 0.462 e. The molecule has 0 aromatic rings. The molecule has 0 aromatic heterocycles. The molecule has 1 atom stereocenters. The molecule has 0 N–H and O–H groups in total. The molecule has 0 unspecified atom stereocenters. The fraction of sp³-hybridized carbons (Fsp3) is 0.576. The standard InChI is InChI=1S/C59H92O6/c1-4-7-10-13-16-19-22-25-27-29-31-34-37-40-43-46-49-52-58(61)64-55-56(54-63-57(60)51-48-45-42-39-36-33-24-21-18-15-12-9-6-3)65-59(62)53-50-47-44-41-38-35-32-30-28-26-23-20-17-14-11-8-5-2/h7-8,10-11,16-17,19-21,24-28,31-32,34-35,40-41,43-44,56H,4-6,9,12-15,18,22-23,29-30,33,36-39,42,45-55H2,1-3H3/b10-7-,11-8-,19-16-,20-17-,24-21-,27-25-,28-26-,34-31-,35-32-,43-40-,44-41-/t56-/m1/s1. The SMILES string of the molecule is CC/C=C\C/C=C\C/C=C\C/C=C\C/C=C\CCCC(=O)OC[C@@H](COC(=O)CCCCCCC/C=C\CCCCCC)OC(=O)CCC/C=C\C/C=C\C/C=C\C/C=C\C/C=C\CC. The summed E-state index contributed by atoms with van der Waals surface area (Å²) in [6.45, 7) is 6.26. The van der Waals surface area contributed by atoms with E-state index >= 15 is 0 Å². The van der Waals surface area contributed by atoms with Crippen molar-refractivity contribution in [3.8, 4) is 0 Å². The minimum absolute atomic E-state index is 0.128. The van der Waals surface area contributed by atoms with E-state index < -0.39 is 6.10 Å². The first-order valence-electron chi connectivity index (χ1n) is 25.7. The third-order valence-electron chi connectivity index (χ3n) is 10.1. The van der Waals surface area contributed by atoms with E-state index in [9.17, 15) is 14.4 Å². The smallest absolute Gasteiger partial charge is 0.306 e. The monoisotopic (exact) mass is 897 g/mol. The van der Waals surface area contributed by atoms with Crippen molar-refractivity contribution in [1.82, 2.24) is 0 Å². The summed E-state index contributed by atoms with van der Waals surface area (Å²) in [5.41, 5.74) is 0. The quantitative estimate of drug-likeness (QED) is 0.0262. The van der Waals surface area contributed by atoms with E-state index in [1.807, 2.05) is 0 Å². The third kappa shape index (κ3) is 50.4. The maximum Gasteiger partial charge on any atom is 0.306 e. The van der Waals surface area contributed by atoms with E-state index in [4.69, 9.17) is 14.2 Å². The molecule has 6 nitrogen and oxygen atoms in total. The summed E-state index contributed by atoms with van der Waals surface area (Å²) in [6, 6.07) is 0. The lowest BCUT2D eigenvalue weighted by Crippen LogP contribution is -2.30. The van der Waals surface area contributed by atoms with Gasteiger partial charge in [0.2, 0.25) is 0 Å². The van der Waals surface area contributed by atoms with Gasteiger partial charge in [-0.05, 0) is 122 Å². The second kappa shape index (κ2) is 52.2. The maximum absolute atomic E-state index is 12.8. The maximum atomic E-state index is 12.8. The zero-order valence-corrected chi connectivity index (χ0v) is 41.4. The molecule has 0 fully saturated rings. The molecule has 0 aliphatic heterocycles. The van der Waals surface area contributed by atoms with Gasteiger partial charge >= 0.3 is 17.9 Å². The van der Waals surface area contributed by atoms with Gasteiger partial charge in [0.25, 0.3) is 0 Å². The number of esters is 3. The van der Waals surface area contributed by atoms with Crippen LogP contribution in [-0.2, 0) is 28.6 Å². The summed E-state index contributed by atoms with van der Waals surface area (Å²) in [5, 5.41) is 0. The molecule has 0 aliphatic carbocycles. The van der Waals surface area contributed by atoms with Crippen molar-refractivity contribution in [2.24, 2.45) is 0 Å². The summed E-state index contributed by atoms with van der Waals surface area (Å²) in [6.07, 6.45) is 73.0. The van der Waals surface area contributed by atoms with Crippen LogP contribution in [0.1, 0.15) is 201 Å². The Hall–Kier alpha value is -4.45. The Labute approximate surface area is 398 Å². The number of allylic oxidation sites excluding steroid dienone is 22. The molecule has 0 spiro atoms. The van der Waals surface area contributed by atoms with Crippen LogP contribution < -0.4 is 0 Å². The molecular weight excluding hydrogens is 805 g/mol. The number of ether oxygens (including phenoxy) is 3. The van der Waals surface area contributed by atoms with Gasteiger partial charge in [-0.1, -0.05) is 193 Å². The van der Waals surface area contributed by atoms with Gasteiger partial charge in [0.05, 0.1) is 0 Å². The molecule has 0 bridgehead atoms. The lowest BCUT2D eigenvalue weighted by Gasteiger charge is -2.18. The highest BCUT2D eigenvalue weighted by atomic mass is 16.6. The van der Waals surface area contributed by atoms with Crippen LogP contribution in [0.2, 0.25) is 0 Å². The Bertz CT molecular complexity index is 1450. The highest BCUT2D eigenvalue weighted by Crippen LogP contribution is 2.11. The molecule has 0 amide bonds. The van der Waals surface area contributed by atoms with Crippen LogP contribution >= 0.6 is 0 Å². The van der Waals surface area contributed by atoms with E-state index in [0.717, 1.165) is 109 Å². The summed E-state index contributed by atoms with van der Waals surface area (Å²) in [7, 11) is 0. The second-order valence-corrected chi connectivity index (χ2v) is 16.3. The highest BCUT2D eigenvalue weighted by molar-refractivity contribution is 5.71. The average molecular weight is 897 g/mol.